The fourth-order valence-electron chi connectivity index (χ4n) is 5.05. The van der Waals surface area contributed by atoms with Crippen LogP contribution in [-0.2, 0) is 20.5 Å². The molecule has 0 bridgehead atoms. The molecule has 4 heterocycles. The molecule has 2 aliphatic rings. The molecule has 0 saturated carbocycles. The van der Waals surface area contributed by atoms with Crippen molar-refractivity contribution in [3.8, 4) is 11.1 Å². The minimum absolute atomic E-state index is 0.251. The van der Waals surface area contributed by atoms with Crippen LogP contribution in [0.15, 0.2) is 61.1 Å². The van der Waals surface area contributed by atoms with Crippen molar-refractivity contribution in [2.45, 2.75) is 6.42 Å². The summed E-state index contributed by atoms with van der Waals surface area (Å²) < 4.78 is 4.53. The van der Waals surface area contributed by atoms with Crippen molar-refractivity contribution in [2.75, 3.05) is 0 Å². The van der Waals surface area contributed by atoms with Crippen molar-refractivity contribution in [3.05, 3.63) is 72.2 Å². The normalized spacial score (nSPS) is 13.5. The zero-order chi connectivity index (χ0) is 17.4. The van der Waals surface area contributed by atoms with Crippen LogP contribution in [0.25, 0.3) is 22.0 Å². The average molecular weight is 335 g/mol. The van der Waals surface area contributed by atoms with Gasteiger partial charge in [-0.1, -0.05) is 30.3 Å². The van der Waals surface area contributed by atoms with Crippen LogP contribution >= 0.6 is 0 Å². The molecule has 0 unspecified atom stereocenters. The van der Waals surface area contributed by atoms with Gasteiger partial charge in [-0.05, 0) is 39.3 Å². The molecule has 0 fully saturated rings. The van der Waals surface area contributed by atoms with Crippen molar-refractivity contribution < 1.29 is 9.13 Å². The van der Waals surface area contributed by atoms with E-state index in [1.807, 2.05) is 6.33 Å². The lowest BCUT2D eigenvalue weighted by Gasteiger charge is -2.29. The SMILES string of the molecule is C[n+]1cccc2c1B1c3c(cccc3-c3cccc4nc[n+](C)c1c34)C2. The van der Waals surface area contributed by atoms with E-state index in [0.717, 1.165) is 11.9 Å². The van der Waals surface area contributed by atoms with E-state index < -0.39 is 0 Å². The first-order valence-electron chi connectivity index (χ1n) is 9.11. The van der Waals surface area contributed by atoms with E-state index in [1.165, 1.54) is 44.3 Å². The Labute approximate surface area is 152 Å². The highest BCUT2D eigenvalue weighted by Gasteiger charge is 2.46. The predicted octanol–water partition coefficient (Wildman–Crippen LogP) is 0.285. The number of aryl methyl sites for hydroxylation is 2. The first-order chi connectivity index (χ1) is 12.7. The van der Waals surface area contributed by atoms with Crippen molar-refractivity contribution >= 4 is 34.3 Å². The molecule has 0 saturated heterocycles. The van der Waals surface area contributed by atoms with E-state index in [4.69, 9.17) is 4.98 Å². The minimum Gasteiger partial charge on any atom is -0.244 e. The van der Waals surface area contributed by atoms with Gasteiger partial charge in [0, 0.05) is 18.1 Å². The second-order valence-electron chi connectivity index (χ2n) is 7.46. The molecular formula is C22H18BN3+2. The van der Waals surface area contributed by atoms with Crippen molar-refractivity contribution in [1.29, 1.82) is 0 Å². The summed E-state index contributed by atoms with van der Waals surface area (Å²) in [5, 5.41) is 1.30. The Morgan fingerprint density at radius 2 is 1.65 bits per heavy atom. The minimum atomic E-state index is 0.251. The van der Waals surface area contributed by atoms with Crippen LogP contribution in [0.3, 0.4) is 0 Å². The van der Waals surface area contributed by atoms with Crippen LogP contribution in [0.5, 0.6) is 0 Å². The molecule has 2 aliphatic heterocycles. The summed E-state index contributed by atoms with van der Waals surface area (Å²) in [4.78, 5) is 4.70. The summed E-state index contributed by atoms with van der Waals surface area (Å²) >= 11 is 0. The molecule has 0 aliphatic carbocycles. The van der Waals surface area contributed by atoms with E-state index >= 15 is 0 Å². The largest absolute Gasteiger partial charge is 0.376 e. The molecule has 6 rings (SSSR count). The summed E-state index contributed by atoms with van der Waals surface area (Å²) in [6, 6.07) is 17.7. The van der Waals surface area contributed by atoms with Gasteiger partial charge in [0.2, 0.25) is 0 Å². The number of hydrogen-bond donors (Lipinski definition) is 0. The lowest BCUT2D eigenvalue weighted by atomic mass is 9.33. The Kier molecular flexibility index (Phi) is 2.61. The van der Waals surface area contributed by atoms with Gasteiger partial charge >= 0.3 is 6.71 Å². The van der Waals surface area contributed by atoms with Gasteiger partial charge in [-0.15, -0.1) is 0 Å². The maximum Gasteiger partial charge on any atom is 0.376 e. The molecule has 3 nitrogen and oxygen atoms in total. The molecular weight excluding hydrogens is 317 g/mol. The van der Waals surface area contributed by atoms with Gasteiger partial charge in [-0.25, -0.2) is 9.13 Å². The highest BCUT2D eigenvalue weighted by Crippen LogP contribution is 2.31. The van der Waals surface area contributed by atoms with Crippen LogP contribution in [0.2, 0.25) is 0 Å². The average Bonchev–Trinajstić information content (AvgIpc) is 2.66. The fraction of sp³-hybridized carbons (Fsp3) is 0.136. The summed E-state index contributed by atoms with van der Waals surface area (Å²) in [6.45, 7) is 0.251. The van der Waals surface area contributed by atoms with Crippen molar-refractivity contribution in [3.63, 3.8) is 0 Å². The van der Waals surface area contributed by atoms with Crippen LogP contribution < -0.4 is 25.8 Å². The number of benzene rings is 2. The number of fused-ring (bicyclic) bond motifs is 4. The summed E-state index contributed by atoms with van der Waals surface area (Å²) in [6.07, 6.45) is 5.14. The van der Waals surface area contributed by atoms with Gasteiger partial charge < -0.3 is 0 Å². The predicted molar refractivity (Wildman–Crippen MR) is 103 cm³/mol. The molecule has 2 aromatic carbocycles. The maximum absolute atomic E-state index is 4.70. The highest BCUT2D eigenvalue weighted by atomic mass is 15.0. The van der Waals surface area contributed by atoms with Gasteiger partial charge in [-0.3, -0.25) is 0 Å². The fourth-order valence-corrected chi connectivity index (χ4v) is 5.05. The van der Waals surface area contributed by atoms with Crippen LogP contribution in [0.4, 0.5) is 0 Å². The van der Waals surface area contributed by atoms with Crippen LogP contribution in [0.1, 0.15) is 11.1 Å². The second-order valence-corrected chi connectivity index (χ2v) is 7.46. The highest BCUT2D eigenvalue weighted by molar-refractivity contribution is 6.97. The standard InChI is InChI=1S/C22H18BN3/c1-25-11-5-7-15-12-14-6-3-9-17-16-8-4-10-18-19(16)22(26(2)13-24-18)23(20(14)17)21(15)25/h3-11,13H,12H2,1-2H3/q+2. The van der Waals surface area contributed by atoms with Crippen molar-refractivity contribution in [2.24, 2.45) is 14.1 Å². The van der Waals surface area contributed by atoms with Gasteiger partial charge in [0.05, 0.1) is 18.0 Å². The molecule has 122 valence electrons. The van der Waals surface area contributed by atoms with Crippen molar-refractivity contribution in [1.82, 2.24) is 4.98 Å². The Morgan fingerprint density at radius 1 is 0.846 bits per heavy atom. The Bertz CT molecular complexity index is 1250. The Balaban J connectivity index is 1.87. The van der Waals surface area contributed by atoms with Crippen LogP contribution in [-0.4, -0.2) is 11.7 Å². The topological polar surface area (TPSA) is 20.6 Å². The summed E-state index contributed by atoms with van der Waals surface area (Å²) in [5.41, 5.74) is 10.9. The zero-order valence-corrected chi connectivity index (χ0v) is 14.9. The van der Waals surface area contributed by atoms with Gasteiger partial charge in [0.25, 0.3) is 6.33 Å². The monoisotopic (exact) mass is 335 g/mol. The number of hydrogen-bond acceptors (Lipinski definition) is 1. The first-order valence-corrected chi connectivity index (χ1v) is 9.11. The van der Waals surface area contributed by atoms with Gasteiger partial charge in [-0.2, -0.15) is 0 Å². The lowest BCUT2D eigenvalue weighted by molar-refractivity contribution is -0.659. The molecule has 2 aromatic heterocycles. The molecule has 0 N–H and O–H groups in total. The van der Waals surface area contributed by atoms with Gasteiger partial charge in [0.15, 0.2) is 17.3 Å². The molecule has 4 aromatic rings. The number of aromatic nitrogens is 3. The lowest BCUT2D eigenvalue weighted by Crippen LogP contribution is -2.74. The van der Waals surface area contributed by atoms with E-state index in [2.05, 4.69) is 78.0 Å². The third-order valence-electron chi connectivity index (χ3n) is 6.07. The van der Waals surface area contributed by atoms with Gasteiger partial charge in [0.1, 0.15) is 7.05 Å². The van der Waals surface area contributed by atoms with E-state index in [9.17, 15) is 0 Å². The Morgan fingerprint density at radius 3 is 2.58 bits per heavy atom. The first kappa shape index (κ1) is 14.2. The maximum atomic E-state index is 4.70. The van der Waals surface area contributed by atoms with E-state index in [1.54, 1.807) is 0 Å². The van der Waals surface area contributed by atoms with Crippen LogP contribution in [0, 0.1) is 0 Å². The summed E-state index contributed by atoms with van der Waals surface area (Å²) in [7, 11) is 4.30. The second kappa shape index (κ2) is 4.79. The molecule has 0 spiro atoms. The summed E-state index contributed by atoms with van der Waals surface area (Å²) in [5.74, 6) is 0. The number of pyridine rings is 1. The number of rotatable bonds is 0. The molecule has 0 radical (unpaired) electrons. The third-order valence-corrected chi connectivity index (χ3v) is 6.07. The zero-order valence-electron chi connectivity index (χ0n) is 14.9. The smallest absolute Gasteiger partial charge is 0.244 e. The molecule has 26 heavy (non-hydrogen) atoms. The van der Waals surface area contributed by atoms with E-state index in [-0.39, 0.29) is 6.71 Å². The molecule has 0 atom stereocenters. The quantitative estimate of drug-likeness (QED) is 0.289. The molecule has 4 heteroatoms. The van der Waals surface area contributed by atoms with E-state index in [0.29, 0.717) is 0 Å². The Hall–Kier alpha value is -3.01. The molecule has 0 amide bonds. The third kappa shape index (κ3) is 1.62. The number of nitrogens with zero attached hydrogens (tertiary/aromatic N) is 3.